The quantitative estimate of drug-likeness (QED) is 0.857. The minimum absolute atomic E-state index is 0.00908. The maximum absolute atomic E-state index is 5.96. The van der Waals surface area contributed by atoms with Crippen molar-refractivity contribution in [3.05, 3.63) is 35.2 Å². The van der Waals surface area contributed by atoms with E-state index >= 15 is 0 Å². The maximum Gasteiger partial charge on any atom is 0.183 e. The fourth-order valence-electron chi connectivity index (χ4n) is 1.55. The van der Waals surface area contributed by atoms with Crippen LogP contribution >= 0.6 is 11.3 Å². The highest BCUT2D eigenvalue weighted by Gasteiger charge is 2.14. The van der Waals surface area contributed by atoms with Gasteiger partial charge in [-0.1, -0.05) is 41.7 Å². The van der Waals surface area contributed by atoms with Gasteiger partial charge in [-0.2, -0.15) is 0 Å². The molecule has 0 spiro atoms. The molecule has 0 bridgehead atoms. The molecule has 0 aliphatic carbocycles. The van der Waals surface area contributed by atoms with Crippen molar-refractivity contribution in [3.8, 4) is 11.3 Å². The maximum atomic E-state index is 5.96. The first-order chi connectivity index (χ1) is 7.72. The summed E-state index contributed by atoms with van der Waals surface area (Å²) in [6, 6.07) is 10.1. The monoisotopic (exact) mass is 233 g/mol. The number of aromatic nitrogens is 1. The number of anilines is 1. The molecule has 1 unspecified atom stereocenters. The Bertz CT molecular complexity index is 462. The molecule has 1 aromatic carbocycles. The third-order valence-electron chi connectivity index (χ3n) is 2.33. The van der Waals surface area contributed by atoms with E-state index in [1.807, 2.05) is 32.2 Å². The number of thiazole rings is 1. The van der Waals surface area contributed by atoms with E-state index in [1.165, 1.54) is 0 Å². The van der Waals surface area contributed by atoms with Crippen LogP contribution in [0.1, 0.15) is 17.8 Å². The van der Waals surface area contributed by atoms with Crippen LogP contribution in [-0.2, 0) is 0 Å². The summed E-state index contributed by atoms with van der Waals surface area (Å²) in [5.41, 5.74) is 8.07. The summed E-state index contributed by atoms with van der Waals surface area (Å²) in [5, 5.41) is 3.97. The van der Waals surface area contributed by atoms with E-state index < -0.39 is 0 Å². The molecule has 0 aliphatic heterocycles. The minimum Gasteiger partial charge on any atom is -0.365 e. The van der Waals surface area contributed by atoms with Gasteiger partial charge in [0.15, 0.2) is 5.13 Å². The van der Waals surface area contributed by atoms with Crippen molar-refractivity contribution in [3.63, 3.8) is 0 Å². The molecule has 0 fully saturated rings. The predicted molar refractivity (Wildman–Crippen MR) is 69.7 cm³/mol. The van der Waals surface area contributed by atoms with Crippen molar-refractivity contribution in [2.24, 2.45) is 5.73 Å². The number of rotatable bonds is 3. The van der Waals surface area contributed by atoms with Gasteiger partial charge in [0, 0.05) is 18.7 Å². The van der Waals surface area contributed by atoms with E-state index in [-0.39, 0.29) is 6.04 Å². The smallest absolute Gasteiger partial charge is 0.183 e. The Morgan fingerprint density at radius 2 is 2.00 bits per heavy atom. The molecule has 1 atom stereocenters. The lowest BCUT2D eigenvalue weighted by atomic mass is 10.1. The Morgan fingerprint density at radius 3 is 2.56 bits per heavy atom. The zero-order valence-electron chi connectivity index (χ0n) is 9.40. The molecule has 0 amide bonds. The standard InChI is InChI=1S/C12H15N3S/c1-8(13)11-10(15-12(14-2)16-11)9-6-4-3-5-7-9/h3-8H,13H2,1-2H3,(H,14,15). The Balaban J connectivity index is 2.51. The fraction of sp³-hybridized carbons (Fsp3) is 0.250. The van der Waals surface area contributed by atoms with E-state index in [1.54, 1.807) is 11.3 Å². The third-order valence-corrected chi connectivity index (χ3v) is 3.60. The van der Waals surface area contributed by atoms with Gasteiger partial charge in [0.1, 0.15) is 0 Å². The third kappa shape index (κ3) is 2.08. The first-order valence-electron chi connectivity index (χ1n) is 5.22. The number of nitrogens with one attached hydrogen (secondary N) is 1. The summed E-state index contributed by atoms with van der Waals surface area (Å²) in [6.07, 6.45) is 0. The van der Waals surface area contributed by atoms with Crippen molar-refractivity contribution in [2.45, 2.75) is 13.0 Å². The molecular formula is C12H15N3S. The SMILES string of the molecule is CNc1nc(-c2ccccc2)c(C(C)N)s1. The number of hydrogen-bond donors (Lipinski definition) is 2. The molecule has 3 N–H and O–H groups in total. The van der Waals surface area contributed by atoms with Crippen LogP contribution in [0.25, 0.3) is 11.3 Å². The van der Waals surface area contributed by atoms with Crippen molar-refractivity contribution >= 4 is 16.5 Å². The van der Waals surface area contributed by atoms with Gasteiger partial charge in [-0.15, -0.1) is 0 Å². The molecule has 0 saturated heterocycles. The van der Waals surface area contributed by atoms with Crippen LogP contribution in [0.4, 0.5) is 5.13 Å². The molecule has 84 valence electrons. The molecular weight excluding hydrogens is 218 g/mol. The summed E-state index contributed by atoms with van der Waals surface area (Å²) < 4.78 is 0. The molecule has 16 heavy (non-hydrogen) atoms. The molecule has 4 heteroatoms. The van der Waals surface area contributed by atoms with Gasteiger partial charge in [-0.3, -0.25) is 0 Å². The molecule has 0 radical (unpaired) electrons. The Kier molecular flexibility index (Phi) is 3.22. The largest absolute Gasteiger partial charge is 0.365 e. The van der Waals surface area contributed by atoms with Crippen molar-refractivity contribution in [2.75, 3.05) is 12.4 Å². The summed E-state index contributed by atoms with van der Waals surface area (Å²) in [7, 11) is 1.87. The summed E-state index contributed by atoms with van der Waals surface area (Å²) in [5.74, 6) is 0. The normalized spacial score (nSPS) is 12.4. The predicted octanol–water partition coefficient (Wildman–Crippen LogP) is 2.87. The van der Waals surface area contributed by atoms with E-state index in [2.05, 4.69) is 22.4 Å². The first-order valence-corrected chi connectivity index (χ1v) is 6.03. The van der Waals surface area contributed by atoms with Crippen LogP contribution in [0.15, 0.2) is 30.3 Å². The first kappa shape index (κ1) is 11.1. The number of nitrogens with zero attached hydrogens (tertiary/aromatic N) is 1. The number of nitrogens with two attached hydrogens (primary N) is 1. The lowest BCUT2D eigenvalue weighted by Crippen LogP contribution is -2.04. The highest BCUT2D eigenvalue weighted by atomic mass is 32.1. The van der Waals surface area contributed by atoms with Gasteiger partial charge in [0.2, 0.25) is 0 Å². The Labute approximate surface area is 99.3 Å². The van der Waals surface area contributed by atoms with Gasteiger partial charge < -0.3 is 11.1 Å². The summed E-state index contributed by atoms with van der Waals surface area (Å²) in [6.45, 7) is 1.99. The highest BCUT2D eigenvalue weighted by Crippen LogP contribution is 2.34. The number of hydrogen-bond acceptors (Lipinski definition) is 4. The number of benzene rings is 1. The summed E-state index contributed by atoms with van der Waals surface area (Å²) >= 11 is 1.62. The van der Waals surface area contributed by atoms with Gasteiger partial charge in [-0.05, 0) is 6.92 Å². The van der Waals surface area contributed by atoms with Crippen LogP contribution in [0.2, 0.25) is 0 Å². The highest BCUT2D eigenvalue weighted by molar-refractivity contribution is 7.16. The average Bonchev–Trinajstić information content (AvgIpc) is 2.74. The minimum atomic E-state index is 0.00908. The van der Waals surface area contributed by atoms with Crippen LogP contribution in [0.5, 0.6) is 0 Å². The zero-order valence-corrected chi connectivity index (χ0v) is 10.2. The van der Waals surface area contributed by atoms with Gasteiger partial charge in [0.05, 0.1) is 10.6 Å². The second-order valence-corrected chi connectivity index (χ2v) is 4.67. The van der Waals surface area contributed by atoms with Crippen LogP contribution < -0.4 is 11.1 Å². The van der Waals surface area contributed by atoms with Crippen molar-refractivity contribution in [1.82, 2.24) is 4.98 Å². The van der Waals surface area contributed by atoms with E-state index in [0.717, 1.165) is 21.3 Å². The van der Waals surface area contributed by atoms with E-state index in [0.29, 0.717) is 0 Å². The average molecular weight is 233 g/mol. The molecule has 0 aliphatic rings. The Hall–Kier alpha value is -1.39. The lowest BCUT2D eigenvalue weighted by Gasteiger charge is -2.04. The topological polar surface area (TPSA) is 50.9 Å². The van der Waals surface area contributed by atoms with Crippen LogP contribution in [0.3, 0.4) is 0 Å². The van der Waals surface area contributed by atoms with Crippen LogP contribution in [0, 0.1) is 0 Å². The Morgan fingerprint density at radius 1 is 1.31 bits per heavy atom. The molecule has 3 nitrogen and oxygen atoms in total. The van der Waals surface area contributed by atoms with E-state index in [9.17, 15) is 0 Å². The van der Waals surface area contributed by atoms with Crippen molar-refractivity contribution < 1.29 is 0 Å². The molecule has 2 aromatic rings. The zero-order chi connectivity index (χ0) is 11.5. The van der Waals surface area contributed by atoms with Crippen LogP contribution in [-0.4, -0.2) is 12.0 Å². The van der Waals surface area contributed by atoms with Gasteiger partial charge in [-0.25, -0.2) is 4.98 Å². The molecule has 2 rings (SSSR count). The lowest BCUT2D eigenvalue weighted by molar-refractivity contribution is 0.837. The summed E-state index contributed by atoms with van der Waals surface area (Å²) in [4.78, 5) is 5.67. The fourth-order valence-corrected chi connectivity index (χ4v) is 2.44. The molecule has 1 heterocycles. The van der Waals surface area contributed by atoms with Crippen molar-refractivity contribution in [1.29, 1.82) is 0 Å². The molecule has 0 saturated carbocycles. The van der Waals surface area contributed by atoms with E-state index in [4.69, 9.17) is 5.73 Å². The van der Waals surface area contributed by atoms with Gasteiger partial charge in [0.25, 0.3) is 0 Å². The second kappa shape index (κ2) is 4.63. The van der Waals surface area contributed by atoms with Gasteiger partial charge >= 0.3 is 0 Å². The second-order valence-electron chi connectivity index (χ2n) is 3.64. The molecule has 1 aromatic heterocycles.